The molecule has 7 nitrogen and oxygen atoms in total. The first kappa shape index (κ1) is 26.0. The third kappa shape index (κ3) is 8.34. The van der Waals surface area contributed by atoms with Gasteiger partial charge in [-0.1, -0.05) is 24.3 Å². The van der Waals surface area contributed by atoms with Gasteiger partial charge in [-0.3, -0.25) is 9.71 Å². The lowest BCUT2D eigenvalue weighted by Gasteiger charge is -2.15. The Labute approximate surface area is 194 Å². The number of aryl methyl sites for hydroxylation is 1. The summed E-state index contributed by atoms with van der Waals surface area (Å²) in [5.41, 5.74) is 1.62. The van der Waals surface area contributed by atoms with Gasteiger partial charge in [0.2, 0.25) is 10.0 Å². The van der Waals surface area contributed by atoms with E-state index in [1.165, 1.54) is 12.1 Å². The number of sulfonamides is 1. The maximum Gasteiger partial charge on any atom is 0.234 e. The van der Waals surface area contributed by atoms with Crippen LogP contribution in [0.1, 0.15) is 18.1 Å². The summed E-state index contributed by atoms with van der Waals surface area (Å²) in [6, 6.07) is 11.9. The van der Waals surface area contributed by atoms with Gasteiger partial charge >= 0.3 is 0 Å². The highest BCUT2D eigenvalue weighted by atomic mass is 127. The van der Waals surface area contributed by atoms with Crippen LogP contribution in [-0.4, -0.2) is 40.3 Å². The van der Waals surface area contributed by atoms with Crippen molar-refractivity contribution in [3.05, 3.63) is 59.4 Å². The van der Waals surface area contributed by atoms with Gasteiger partial charge < -0.3 is 15.4 Å². The van der Waals surface area contributed by atoms with Gasteiger partial charge in [0, 0.05) is 25.7 Å². The summed E-state index contributed by atoms with van der Waals surface area (Å²) in [6.45, 7) is 4.72. The second kappa shape index (κ2) is 12.6. The molecule has 0 aliphatic rings. The first-order valence-electron chi connectivity index (χ1n) is 9.26. The van der Waals surface area contributed by atoms with Crippen molar-refractivity contribution < 1.29 is 17.5 Å². The van der Waals surface area contributed by atoms with Crippen molar-refractivity contribution in [2.45, 2.75) is 20.4 Å². The lowest BCUT2D eigenvalue weighted by atomic mass is 10.2. The van der Waals surface area contributed by atoms with Crippen molar-refractivity contribution in [3.8, 4) is 5.75 Å². The fourth-order valence-corrected chi connectivity index (χ4v) is 3.50. The van der Waals surface area contributed by atoms with E-state index < -0.39 is 15.8 Å². The summed E-state index contributed by atoms with van der Waals surface area (Å²) < 4.78 is 46.0. The van der Waals surface area contributed by atoms with Gasteiger partial charge in [0.1, 0.15) is 11.6 Å². The van der Waals surface area contributed by atoms with Crippen LogP contribution in [0.5, 0.6) is 5.75 Å². The lowest BCUT2D eigenvalue weighted by molar-refractivity contribution is 0.336. The lowest BCUT2D eigenvalue weighted by Crippen LogP contribution is -2.39. The first-order valence-corrected chi connectivity index (χ1v) is 10.9. The molecule has 0 atom stereocenters. The van der Waals surface area contributed by atoms with Crippen molar-refractivity contribution in [2.75, 3.05) is 30.7 Å². The van der Waals surface area contributed by atoms with E-state index in [0.29, 0.717) is 24.7 Å². The number of rotatable bonds is 9. The van der Waals surface area contributed by atoms with Crippen molar-refractivity contribution in [3.63, 3.8) is 0 Å². The second-order valence-electron chi connectivity index (χ2n) is 6.28. The van der Waals surface area contributed by atoms with E-state index in [-0.39, 0.29) is 42.0 Å². The van der Waals surface area contributed by atoms with Crippen LogP contribution in [0.15, 0.2) is 47.5 Å². The number of halogens is 2. The molecule has 0 saturated carbocycles. The molecule has 0 heterocycles. The quantitative estimate of drug-likeness (QED) is 0.253. The van der Waals surface area contributed by atoms with E-state index in [1.807, 2.05) is 31.2 Å². The van der Waals surface area contributed by atoms with E-state index >= 15 is 0 Å². The average Bonchev–Trinajstić information content (AvgIpc) is 2.68. The fourth-order valence-electron chi connectivity index (χ4n) is 2.54. The molecule has 0 spiro atoms. The van der Waals surface area contributed by atoms with E-state index in [2.05, 4.69) is 20.3 Å². The van der Waals surface area contributed by atoms with Gasteiger partial charge in [-0.05, 0) is 37.6 Å². The average molecular weight is 550 g/mol. The predicted octanol–water partition coefficient (Wildman–Crippen LogP) is 3.26. The van der Waals surface area contributed by atoms with Gasteiger partial charge in [-0.2, -0.15) is 0 Å². The molecule has 2 aromatic carbocycles. The summed E-state index contributed by atoms with van der Waals surface area (Å²) >= 11 is 0. The molecular weight excluding hydrogens is 522 g/mol. The maximum absolute atomic E-state index is 13.6. The van der Waals surface area contributed by atoms with Gasteiger partial charge in [-0.15, -0.1) is 24.0 Å². The topological polar surface area (TPSA) is 91.8 Å². The highest BCUT2D eigenvalue weighted by Crippen LogP contribution is 2.17. The van der Waals surface area contributed by atoms with E-state index in [1.54, 1.807) is 14.0 Å². The van der Waals surface area contributed by atoms with Crippen LogP contribution in [0.25, 0.3) is 0 Å². The van der Waals surface area contributed by atoms with E-state index in [4.69, 9.17) is 4.74 Å². The zero-order valence-electron chi connectivity index (χ0n) is 17.2. The third-order valence-electron chi connectivity index (χ3n) is 4.05. The Bertz CT molecular complexity index is 955. The normalized spacial score (nSPS) is 11.4. The molecule has 30 heavy (non-hydrogen) atoms. The molecule has 0 aromatic heterocycles. The molecule has 0 saturated heterocycles. The minimum Gasteiger partial charge on any atom is -0.494 e. The molecule has 3 N–H and O–H groups in total. The standard InChI is InChI=1S/C20H27FN4O3S.HI/c1-4-28-19-8-6-5-7-16(19)14-24-20(22-3)23-11-12-29(26,27)25-17-10-9-15(2)18(21)13-17;/h5-10,13,25H,4,11-12,14H2,1-3H3,(H2,22,23,24);1H. The largest absolute Gasteiger partial charge is 0.494 e. The van der Waals surface area contributed by atoms with Crippen LogP contribution < -0.4 is 20.1 Å². The monoisotopic (exact) mass is 550 g/mol. The van der Waals surface area contributed by atoms with Crippen molar-refractivity contribution in [2.24, 2.45) is 4.99 Å². The molecule has 2 aromatic rings. The fraction of sp³-hybridized carbons (Fsp3) is 0.350. The number of para-hydroxylation sites is 1. The van der Waals surface area contributed by atoms with Gasteiger partial charge in [0.05, 0.1) is 18.0 Å². The van der Waals surface area contributed by atoms with Crippen molar-refractivity contribution >= 4 is 45.6 Å². The summed E-state index contributed by atoms with van der Waals surface area (Å²) in [5, 5.41) is 6.09. The molecular formula is C20H28FIN4O3S. The van der Waals surface area contributed by atoms with Crippen LogP contribution in [0, 0.1) is 12.7 Å². The number of aliphatic imine (C=N–C) groups is 1. The predicted molar refractivity (Wildman–Crippen MR) is 130 cm³/mol. The molecule has 2 rings (SSSR count). The van der Waals surface area contributed by atoms with E-state index in [0.717, 1.165) is 17.4 Å². The smallest absolute Gasteiger partial charge is 0.234 e. The number of guanidine groups is 1. The van der Waals surface area contributed by atoms with Crippen LogP contribution in [0.4, 0.5) is 10.1 Å². The number of anilines is 1. The van der Waals surface area contributed by atoms with Gasteiger partial charge in [0.25, 0.3) is 0 Å². The molecule has 0 unspecified atom stereocenters. The van der Waals surface area contributed by atoms with E-state index in [9.17, 15) is 12.8 Å². The Morgan fingerprint density at radius 3 is 2.57 bits per heavy atom. The minimum absolute atomic E-state index is 0. The number of nitrogens with one attached hydrogen (secondary N) is 3. The summed E-state index contributed by atoms with van der Waals surface area (Å²) in [4.78, 5) is 4.09. The zero-order valence-corrected chi connectivity index (χ0v) is 20.4. The number of benzene rings is 2. The van der Waals surface area contributed by atoms with Crippen LogP contribution in [0.2, 0.25) is 0 Å². The van der Waals surface area contributed by atoms with Crippen LogP contribution in [-0.2, 0) is 16.6 Å². The molecule has 0 bridgehead atoms. The Morgan fingerprint density at radius 2 is 1.90 bits per heavy atom. The van der Waals surface area contributed by atoms with Crippen LogP contribution in [0.3, 0.4) is 0 Å². The Hall–Kier alpha value is -2.08. The highest BCUT2D eigenvalue weighted by molar-refractivity contribution is 14.0. The molecule has 0 aliphatic carbocycles. The minimum atomic E-state index is -3.63. The molecule has 0 amide bonds. The molecule has 10 heteroatoms. The zero-order chi connectivity index (χ0) is 21.3. The summed E-state index contributed by atoms with van der Waals surface area (Å²) in [7, 11) is -2.03. The number of ether oxygens (including phenoxy) is 1. The SMILES string of the molecule is CCOc1ccccc1CNC(=NC)NCCS(=O)(=O)Nc1ccc(C)c(F)c1.I. The van der Waals surface area contributed by atoms with Crippen molar-refractivity contribution in [1.29, 1.82) is 0 Å². The second-order valence-corrected chi connectivity index (χ2v) is 8.12. The Morgan fingerprint density at radius 1 is 1.17 bits per heavy atom. The summed E-state index contributed by atoms with van der Waals surface area (Å²) in [6.07, 6.45) is 0. The Balaban J connectivity index is 0.00000450. The summed E-state index contributed by atoms with van der Waals surface area (Å²) in [5.74, 6) is 0.599. The third-order valence-corrected chi connectivity index (χ3v) is 5.34. The molecule has 166 valence electrons. The first-order chi connectivity index (χ1) is 13.8. The van der Waals surface area contributed by atoms with Gasteiger partial charge in [-0.25, -0.2) is 12.8 Å². The molecule has 0 fully saturated rings. The van der Waals surface area contributed by atoms with Crippen LogP contribution >= 0.6 is 24.0 Å². The Kier molecular flexibility index (Phi) is 10.9. The maximum atomic E-state index is 13.6. The number of hydrogen-bond donors (Lipinski definition) is 3. The molecule has 0 aliphatic heterocycles. The molecule has 0 radical (unpaired) electrons. The highest BCUT2D eigenvalue weighted by Gasteiger charge is 2.12. The van der Waals surface area contributed by atoms with Gasteiger partial charge in [0.15, 0.2) is 5.96 Å². The number of hydrogen-bond acceptors (Lipinski definition) is 4. The number of nitrogens with zero attached hydrogens (tertiary/aromatic N) is 1. The van der Waals surface area contributed by atoms with Crippen molar-refractivity contribution in [1.82, 2.24) is 10.6 Å².